The molecule has 0 saturated carbocycles. The SMILES string of the molecule is CCCCNC(=O)C(C)Nc1ccc(C#N)cc1F. The third-order valence-electron chi connectivity index (χ3n) is 2.69. The van der Waals surface area contributed by atoms with E-state index in [1.807, 2.05) is 13.0 Å². The summed E-state index contributed by atoms with van der Waals surface area (Å²) >= 11 is 0. The van der Waals surface area contributed by atoms with Crippen LogP contribution in [0.4, 0.5) is 10.1 Å². The van der Waals surface area contributed by atoms with Crippen LogP contribution in [-0.4, -0.2) is 18.5 Å². The van der Waals surface area contributed by atoms with Gasteiger partial charge in [0, 0.05) is 6.54 Å². The Kier molecular flexibility index (Phi) is 5.80. The first-order valence-corrected chi connectivity index (χ1v) is 6.32. The van der Waals surface area contributed by atoms with Gasteiger partial charge >= 0.3 is 0 Å². The Balaban J connectivity index is 2.59. The Hall–Kier alpha value is -2.09. The van der Waals surface area contributed by atoms with Crippen molar-refractivity contribution < 1.29 is 9.18 Å². The Labute approximate surface area is 112 Å². The van der Waals surface area contributed by atoms with Crippen LogP contribution in [0, 0.1) is 17.1 Å². The molecule has 0 aliphatic carbocycles. The molecule has 1 atom stereocenters. The minimum Gasteiger partial charge on any atom is -0.372 e. The highest BCUT2D eigenvalue weighted by Gasteiger charge is 2.13. The zero-order valence-electron chi connectivity index (χ0n) is 11.2. The second kappa shape index (κ2) is 7.37. The molecule has 5 heteroatoms. The van der Waals surface area contributed by atoms with Crippen molar-refractivity contribution in [3.63, 3.8) is 0 Å². The molecule has 0 aromatic heterocycles. The molecule has 1 unspecified atom stereocenters. The number of hydrogen-bond donors (Lipinski definition) is 2. The highest BCUT2D eigenvalue weighted by molar-refractivity contribution is 5.84. The molecule has 0 bridgehead atoms. The summed E-state index contributed by atoms with van der Waals surface area (Å²) in [6.07, 6.45) is 1.93. The van der Waals surface area contributed by atoms with E-state index in [4.69, 9.17) is 5.26 Å². The third kappa shape index (κ3) is 4.59. The fourth-order valence-electron chi connectivity index (χ4n) is 1.54. The molecule has 1 rings (SSSR count). The predicted molar refractivity (Wildman–Crippen MR) is 72.1 cm³/mol. The molecule has 0 aliphatic heterocycles. The number of nitrogens with zero attached hydrogens (tertiary/aromatic N) is 1. The van der Waals surface area contributed by atoms with Crippen molar-refractivity contribution >= 4 is 11.6 Å². The van der Waals surface area contributed by atoms with Gasteiger partial charge in [-0.25, -0.2) is 4.39 Å². The number of carbonyl (C=O) groups is 1. The lowest BCUT2D eigenvalue weighted by molar-refractivity contribution is -0.121. The Morgan fingerprint density at radius 2 is 2.26 bits per heavy atom. The van der Waals surface area contributed by atoms with Crippen LogP contribution in [0.25, 0.3) is 0 Å². The number of nitrogens with one attached hydrogen (secondary N) is 2. The number of anilines is 1. The average molecular weight is 263 g/mol. The maximum Gasteiger partial charge on any atom is 0.242 e. The first kappa shape index (κ1) is 15.0. The van der Waals surface area contributed by atoms with E-state index < -0.39 is 11.9 Å². The Morgan fingerprint density at radius 3 is 2.84 bits per heavy atom. The molecule has 0 fully saturated rings. The highest BCUT2D eigenvalue weighted by atomic mass is 19.1. The standard InChI is InChI=1S/C14H18FN3O/c1-3-4-7-17-14(19)10(2)18-13-6-5-11(9-16)8-12(13)15/h5-6,8,10,18H,3-4,7H2,1-2H3,(H,17,19). The van der Waals surface area contributed by atoms with E-state index in [0.717, 1.165) is 18.9 Å². The quantitative estimate of drug-likeness (QED) is 0.775. The minimum atomic E-state index is -0.535. The number of unbranched alkanes of at least 4 members (excludes halogenated alkanes) is 1. The predicted octanol–water partition coefficient (Wildman–Crippen LogP) is 2.41. The second-order valence-corrected chi connectivity index (χ2v) is 4.32. The molecule has 1 aromatic carbocycles. The largest absolute Gasteiger partial charge is 0.372 e. The van der Waals surface area contributed by atoms with Crippen molar-refractivity contribution in [2.24, 2.45) is 0 Å². The van der Waals surface area contributed by atoms with Crippen molar-refractivity contribution in [3.8, 4) is 6.07 Å². The van der Waals surface area contributed by atoms with Gasteiger partial charge in [-0.1, -0.05) is 13.3 Å². The fraction of sp³-hybridized carbons (Fsp3) is 0.429. The molecule has 0 radical (unpaired) electrons. The van der Waals surface area contributed by atoms with Crippen molar-refractivity contribution in [1.29, 1.82) is 5.26 Å². The zero-order chi connectivity index (χ0) is 14.3. The van der Waals surface area contributed by atoms with E-state index in [9.17, 15) is 9.18 Å². The number of carbonyl (C=O) groups excluding carboxylic acids is 1. The number of halogens is 1. The smallest absolute Gasteiger partial charge is 0.242 e. The van der Waals surface area contributed by atoms with Crippen LogP contribution in [0.2, 0.25) is 0 Å². The molecule has 1 amide bonds. The molecule has 0 saturated heterocycles. The monoisotopic (exact) mass is 263 g/mol. The van der Waals surface area contributed by atoms with Gasteiger partial charge in [0.1, 0.15) is 11.9 Å². The summed E-state index contributed by atoms with van der Waals surface area (Å²) in [5.41, 5.74) is 0.472. The molecule has 102 valence electrons. The van der Waals surface area contributed by atoms with Gasteiger partial charge in [-0.2, -0.15) is 5.26 Å². The molecular weight excluding hydrogens is 245 g/mol. The van der Waals surface area contributed by atoms with Gasteiger partial charge in [0.05, 0.1) is 17.3 Å². The van der Waals surface area contributed by atoms with Crippen LogP contribution in [0.1, 0.15) is 32.3 Å². The Bertz CT molecular complexity index is 482. The molecule has 2 N–H and O–H groups in total. The third-order valence-corrected chi connectivity index (χ3v) is 2.69. The first-order valence-electron chi connectivity index (χ1n) is 6.32. The van der Waals surface area contributed by atoms with Crippen molar-refractivity contribution in [2.75, 3.05) is 11.9 Å². The summed E-state index contributed by atoms with van der Waals surface area (Å²) < 4.78 is 13.6. The van der Waals surface area contributed by atoms with E-state index in [-0.39, 0.29) is 17.2 Å². The topological polar surface area (TPSA) is 64.9 Å². The summed E-state index contributed by atoms with van der Waals surface area (Å²) in [7, 11) is 0. The number of amides is 1. The lowest BCUT2D eigenvalue weighted by Gasteiger charge is -2.15. The van der Waals surface area contributed by atoms with Crippen LogP contribution in [-0.2, 0) is 4.79 Å². The number of benzene rings is 1. The van der Waals surface area contributed by atoms with Gasteiger partial charge in [-0.15, -0.1) is 0 Å². The van der Waals surface area contributed by atoms with Crippen LogP contribution < -0.4 is 10.6 Å². The maximum absolute atomic E-state index is 13.6. The van der Waals surface area contributed by atoms with Crippen LogP contribution >= 0.6 is 0 Å². The molecule has 4 nitrogen and oxygen atoms in total. The van der Waals surface area contributed by atoms with Gasteiger partial charge in [-0.3, -0.25) is 4.79 Å². The number of rotatable bonds is 6. The van der Waals surface area contributed by atoms with E-state index >= 15 is 0 Å². The minimum absolute atomic E-state index is 0.169. The Morgan fingerprint density at radius 1 is 1.53 bits per heavy atom. The summed E-state index contributed by atoms with van der Waals surface area (Å²) in [5, 5.41) is 14.2. The molecule has 0 heterocycles. The number of nitriles is 1. The summed E-state index contributed by atoms with van der Waals surface area (Å²) in [4.78, 5) is 11.7. The van der Waals surface area contributed by atoms with E-state index in [2.05, 4.69) is 10.6 Å². The average Bonchev–Trinajstić information content (AvgIpc) is 2.41. The van der Waals surface area contributed by atoms with Crippen LogP contribution in [0.3, 0.4) is 0 Å². The first-order chi connectivity index (χ1) is 9.08. The van der Waals surface area contributed by atoms with Gasteiger partial charge < -0.3 is 10.6 Å². The summed E-state index contributed by atoms with van der Waals surface area (Å²) in [6, 6.07) is 5.44. The fourth-order valence-corrected chi connectivity index (χ4v) is 1.54. The normalized spacial score (nSPS) is 11.5. The zero-order valence-corrected chi connectivity index (χ0v) is 11.2. The van der Waals surface area contributed by atoms with Crippen molar-refractivity contribution in [3.05, 3.63) is 29.6 Å². The maximum atomic E-state index is 13.6. The molecule has 19 heavy (non-hydrogen) atoms. The number of hydrogen-bond acceptors (Lipinski definition) is 3. The lowest BCUT2D eigenvalue weighted by atomic mass is 10.2. The van der Waals surface area contributed by atoms with Crippen LogP contribution in [0.15, 0.2) is 18.2 Å². The van der Waals surface area contributed by atoms with E-state index in [0.29, 0.717) is 6.54 Å². The molecular formula is C14H18FN3O. The lowest BCUT2D eigenvalue weighted by Crippen LogP contribution is -2.38. The molecule has 1 aromatic rings. The van der Waals surface area contributed by atoms with Crippen molar-refractivity contribution in [2.45, 2.75) is 32.7 Å². The van der Waals surface area contributed by atoms with Crippen molar-refractivity contribution in [1.82, 2.24) is 5.32 Å². The summed E-state index contributed by atoms with van der Waals surface area (Å²) in [6.45, 7) is 4.33. The van der Waals surface area contributed by atoms with Crippen LogP contribution in [0.5, 0.6) is 0 Å². The van der Waals surface area contributed by atoms with Gasteiger partial charge in [0.15, 0.2) is 0 Å². The molecule has 0 spiro atoms. The van der Waals surface area contributed by atoms with E-state index in [1.165, 1.54) is 12.1 Å². The molecule has 0 aliphatic rings. The van der Waals surface area contributed by atoms with E-state index in [1.54, 1.807) is 6.92 Å². The van der Waals surface area contributed by atoms with Gasteiger partial charge in [-0.05, 0) is 31.5 Å². The van der Waals surface area contributed by atoms with Gasteiger partial charge in [0.2, 0.25) is 5.91 Å². The van der Waals surface area contributed by atoms with Gasteiger partial charge in [0.25, 0.3) is 0 Å². The second-order valence-electron chi connectivity index (χ2n) is 4.32. The highest BCUT2D eigenvalue weighted by Crippen LogP contribution is 2.16. The summed E-state index contributed by atoms with van der Waals surface area (Å²) in [5.74, 6) is -0.704.